The minimum absolute atomic E-state index is 0.0123. The summed E-state index contributed by atoms with van der Waals surface area (Å²) in [7, 11) is -3.80. The maximum atomic E-state index is 13.5. The number of amides is 1. The molecule has 188 valence electrons. The van der Waals surface area contributed by atoms with Gasteiger partial charge in [-0.2, -0.15) is 0 Å². The average Bonchev–Trinajstić information content (AvgIpc) is 2.81. The van der Waals surface area contributed by atoms with Crippen molar-refractivity contribution in [2.75, 3.05) is 13.1 Å². The van der Waals surface area contributed by atoms with E-state index in [2.05, 4.69) is 16.3 Å². The molecule has 0 saturated carbocycles. The van der Waals surface area contributed by atoms with Crippen LogP contribution in [0.4, 0.5) is 0 Å². The van der Waals surface area contributed by atoms with Crippen molar-refractivity contribution in [2.24, 2.45) is 0 Å². The number of allylic oxidation sites excluding steroid dienone is 2. The number of aromatic nitrogens is 1. The smallest absolute Gasteiger partial charge is 0.253 e. The summed E-state index contributed by atoms with van der Waals surface area (Å²) in [4.78, 5) is 19.6. The number of ether oxygens (including phenoxy) is 1. The number of nitrogens with one attached hydrogen (secondary N) is 1. The Labute approximate surface area is 209 Å². The van der Waals surface area contributed by atoms with Crippen molar-refractivity contribution in [3.8, 4) is 5.75 Å². The maximum Gasteiger partial charge on any atom is 0.253 e. The number of sulfonamides is 1. The zero-order valence-corrected chi connectivity index (χ0v) is 21.8. The van der Waals surface area contributed by atoms with Gasteiger partial charge in [-0.05, 0) is 63.6 Å². The largest absolute Gasteiger partial charge is 0.487 e. The summed E-state index contributed by atoms with van der Waals surface area (Å²) >= 11 is 0. The van der Waals surface area contributed by atoms with Crippen LogP contribution < -0.4 is 9.46 Å². The molecule has 1 aromatic carbocycles. The van der Waals surface area contributed by atoms with E-state index < -0.39 is 21.7 Å². The highest BCUT2D eigenvalue weighted by atomic mass is 32.2. The van der Waals surface area contributed by atoms with Crippen molar-refractivity contribution in [3.05, 3.63) is 83.1 Å². The van der Waals surface area contributed by atoms with Gasteiger partial charge in [0.15, 0.2) is 0 Å². The number of nitrogens with zero attached hydrogens (tertiary/aromatic N) is 2. The van der Waals surface area contributed by atoms with Gasteiger partial charge in [0.2, 0.25) is 10.0 Å². The molecule has 35 heavy (non-hydrogen) atoms. The lowest BCUT2D eigenvalue weighted by Gasteiger charge is -2.38. The molecule has 0 spiro atoms. The predicted octanol–water partition coefficient (Wildman–Crippen LogP) is 4.79. The summed E-state index contributed by atoms with van der Waals surface area (Å²) in [6.07, 6.45) is 6.73. The maximum absolute atomic E-state index is 13.5. The number of fused-ring (bicyclic) bond motifs is 1. The Kier molecular flexibility index (Phi) is 8.51. The highest BCUT2D eigenvalue weighted by molar-refractivity contribution is 7.93. The monoisotopic (exact) mass is 497 g/mol. The first-order valence-corrected chi connectivity index (χ1v) is 13.4. The highest BCUT2D eigenvalue weighted by Gasteiger charge is 2.36. The van der Waals surface area contributed by atoms with Crippen LogP contribution in [0.5, 0.6) is 5.75 Å². The van der Waals surface area contributed by atoms with Gasteiger partial charge in [0.1, 0.15) is 11.4 Å². The summed E-state index contributed by atoms with van der Waals surface area (Å²) in [5, 5.41) is 0. The molecule has 0 saturated heterocycles. The Morgan fingerprint density at radius 2 is 2.06 bits per heavy atom. The Balaban J connectivity index is 1.89. The molecular formula is C27H35N3O4S. The number of benzene rings is 1. The molecule has 2 aromatic rings. The molecule has 1 aromatic heterocycles. The molecule has 3 rings (SSSR count). The zero-order valence-electron chi connectivity index (χ0n) is 21.0. The second-order valence-electron chi connectivity index (χ2n) is 9.32. The molecule has 7 nitrogen and oxygen atoms in total. The van der Waals surface area contributed by atoms with Crippen molar-refractivity contribution in [1.29, 1.82) is 0 Å². The molecule has 1 N–H and O–H groups in total. The van der Waals surface area contributed by atoms with Crippen LogP contribution in [0.3, 0.4) is 0 Å². The number of hydrogen-bond acceptors (Lipinski definition) is 5. The number of carbonyl (C=O) groups excluding carboxylic acids is 1. The Morgan fingerprint density at radius 3 is 2.71 bits per heavy atom. The van der Waals surface area contributed by atoms with Crippen LogP contribution >= 0.6 is 0 Å². The molecule has 1 aliphatic heterocycles. The van der Waals surface area contributed by atoms with Gasteiger partial charge in [0.25, 0.3) is 5.91 Å². The molecule has 0 aliphatic carbocycles. The minimum Gasteiger partial charge on any atom is -0.487 e. The van der Waals surface area contributed by atoms with E-state index in [0.29, 0.717) is 42.8 Å². The van der Waals surface area contributed by atoms with Crippen molar-refractivity contribution < 1.29 is 17.9 Å². The molecule has 1 atom stereocenters. The molecule has 0 bridgehead atoms. The fraction of sp³-hybridized carbons (Fsp3) is 0.407. The van der Waals surface area contributed by atoms with Crippen LogP contribution in [0.25, 0.3) is 0 Å². The Hall–Kier alpha value is -2.97. The van der Waals surface area contributed by atoms with Gasteiger partial charge in [0.05, 0.1) is 10.9 Å². The van der Waals surface area contributed by atoms with E-state index in [1.807, 2.05) is 43.9 Å². The van der Waals surface area contributed by atoms with Gasteiger partial charge < -0.3 is 9.64 Å². The normalized spacial score (nSPS) is 17.0. The van der Waals surface area contributed by atoms with E-state index in [1.165, 1.54) is 6.08 Å². The van der Waals surface area contributed by atoms with E-state index in [9.17, 15) is 13.2 Å². The van der Waals surface area contributed by atoms with Gasteiger partial charge >= 0.3 is 0 Å². The van der Waals surface area contributed by atoms with Gasteiger partial charge in [-0.3, -0.25) is 9.78 Å². The number of rotatable bonds is 10. The predicted molar refractivity (Wildman–Crippen MR) is 139 cm³/mol. The van der Waals surface area contributed by atoms with Crippen molar-refractivity contribution >= 4 is 15.9 Å². The molecule has 1 unspecified atom stereocenters. The topological polar surface area (TPSA) is 88.6 Å². The van der Waals surface area contributed by atoms with E-state index in [4.69, 9.17) is 4.74 Å². The summed E-state index contributed by atoms with van der Waals surface area (Å²) in [6, 6.07) is 10.5. The summed E-state index contributed by atoms with van der Waals surface area (Å²) in [6.45, 7) is 12.4. The van der Waals surface area contributed by atoms with Crippen molar-refractivity contribution in [1.82, 2.24) is 14.6 Å². The molecular weight excluding hydrogens is 462 g/mol. The standard InChI is InChI=1S/C27H35N3O4S/c1-6-10-20(3)35(32,33)29-24-19-27(4,5)34-25-13-12-21(18-23(24)25)26(31)30(16-7-2)17-14-22-11-8-9-15-28-22/h6,8-13,15,18,24,29H,3,7,14,16-17,19H2,1-2,4-5H3/b10-6+. The Morgan fingerprint density at radius 1 is 1.29 bits per heavy atom. The first kappa shape index (κ1) is 26.6. The van der Waals surface area contributed by atoms with Gasteiger partial charge in [-0.15, -0.1) is 0 Å². The first-order valence-electron chi connectivity index (χ1n) is 11.9. The lowest BCUT2D eigenvalue weighted by atomic mass is 9.89. The van der Waals surface area contributed by atoms with Gasteiger partial charge in [-0.25, -0.2) is 13.1 Å². The summed E-state index contributed by atoms with van der Waals surface area (Å²) in [5.74, 6) is 0.466. The molecule has 8 heteroatoms. The molecule has 1 aliphatic rings. The van der Waals surface area contributed by atoms with Crippen LogP contribution in [0.2, 0.25) is 0 Å². The molecule has 2 heterocycles. The molecule has 0 radical (unpaired) electrons. The minimum atomic E-state index is -3.80. The van der Waals surface area contributed by atoms with Crippen molar-refractivity contribution in [2.45, 2.75) is 58.6 Å². The second-order valence-corrected chi connectivity index (χ2v) is 11.1. The van der Waals surface area contributed by atoms with E-state index in [0.717, 1.165) is 12.1 Å². The third kappa shape index (κ3) is 6.80. The fourth-order valence-electron chi connectivity index (χ4n) is 4.19. The molecule has 0 fully saturated rings. The summed E-state index contributed by atoms with van der Waals surface area (Å²) in [5.41, 5.74) is 1.49. The Bertz CT molecular complexity index is 1190. The van der Waals surface area contributed by atoms with E-state index in [-0.39, 0.29) is 10.8 Å². The van der Waals surface area contributed by atoms with Crippen LogP contribution in [0.1, 0.15) is 68.2 Å². The number of carbonyl (C=O) groups is 1. The van der Waals surface area contributed by atoms with Crippen LogP contribution in [0.15, 0.2) is 66.2 Å². The zero-order chi connectivity index (χ0) is 25.6. The SMILES string of the molecule is C=C(/C=C/C)S(=O)(=O)NC1CC(C)(C)Oc2ccc(C(=O)N(CCC)CCc3ccccn3)cc21. The average molecular weight is 498 g/mol. The molecule has 1 amide bonds. The van der Waals surface area contributed by atoms with Crippen molar-refractivity contribution in [3.63, 3.8) is 0 Å². The van der Waals surface area contributed by atoms with Gasteiger partial charge in [0, 0.05) is 48.9 Å². The lowest BCUT2D eigenvalue weighted by molar-refractivity contribution is 0.0698. The van der Waals surface area contributed by atoms with Gasteiger partial charge in [-0.1, -0.05) is 25.6 Å². The van der Waals surface area contributed by atoms with E-state index in [1.54, 1.807) is 37.4 Å². The second kappa shape index (κ2) is 11.2. The van der Waals surface area contributed by atoms with Crippen LogP contribution in [0, 0.1) is 0 Å². The lowest BCUT2D eigenvalue weighted by Crippen LogP contribution is -2.41. The third-order valence-corrected chi connectivity index (χ3v) is 7.28. The number of pyridine rings is 1. The quantitative estimate of drug-likeness (QED) is 0.477. The fourth-order valence-corrected chi connectivity index (χ4v) is 5.25. The van der Waals surface area contributed by atoms with E-state index >= 15 is 0 Å². The first-order chi connectivity index (χ1) is 16.6. The van der Waals surface area contributed by atoms with Crippen LogP contribution in [-0.2, 0) is 16.4 Å². The van der Waals surface area contributed by atoms with Crippen LogP contribution in [-0.4, -0.2) is 42.9 Å². The summed E-state index contributed by atoms with van der Waals surface area (Å²) < 4.78 is 34.6. The number of hydrogen-bond donors (Lipinski definition) is 1. The highest BCUT2D eigenvalue weighted by Crippen LogP contribution is 2.40. The third-order valence-electron chi connectivity index (χ3n) is 5.85.